The lowest BCUT2D eigenvalue weighted by Crippen LogP contribution is -2.15. The van der Waals surface area contributed by atoms with Crippen molar-refractivity contribution in [3.63, 3.8) is 0 Å². The van der Waals surface area contributed by atoms with Gasteiger partial charge in [-0.15, -0.1) is 11.3 Å². The lowest BCUT2D eigenvalue weighted by atomic mass is 9.90. The van der Waals surface area contributed by atoms with Crippen LogP contribution >= 0.6 is 11.3 Å². The SMILES string of the molecule is COC1=CCC(c2csc(N)c2C(=O)OC(C)C)C=C1OC. The van der Waals surface area contributed by atoms with Crippen molar-refractivity contribution in [2.75, 3.05) is 20.0 Å². The summed E-state index contributed by atoms with van der Waals surface area (Å²) in [7, 11) is 3.20. The summed E-state index contributed by atoms with van der Waals surface area (Å²) in [6.45, 7) is 3.63. The number of carbonyl (C=O) groups excluding carboxylic acids is 1. The first-order valence-corrected chi connectivity index (χ1v) is 7.94. The number of methoxy groups -OCH3 is 2. The third kappa shape index (κ3) is 3.27. The van der Waals surface area contributed by atoms with Gasteiger partial charge < -0.3 is 19.9 Å². The second-order valence-electron chi connectivity index (χ2n) is 5.23. The highest BCUT2D eigenvalue weighted by Crippen LogP contribution is 2.38. The highest BCUT2D eigenvalue weighted by molar-refractivity contribution is 7.14. The van der Waals surface area contributed by atoms with Crippen molar-refractivity contribution < 1.29 is 19.0 Å². The largest absolute Gasteiger partial charge is 0.493 e. The van der Waals surface area contributed by atoms with E-state index in [-0.39, 0.29) is 18.0 Å². The minimum absolute atomic E-state index is 0.0112. The predicted octanol–water partition coefficient (Wildman–Crippen LogP) is 3.44. The Bertz CT molecular complexity index is 616. The van der Waals surface area contributed by atoms with Crippen LogP contribution in [0.15, 0.2) is 29.1 Å². The Labute approximate surface area is 134 Å². The van der Waals surface area contributed by atoms with E-state index < -0.39 is 0 Å². The normalized spacial score (nSPS) is 17.8. The Morgan fingerprint density at radius 1 is 1.32 bits per heavy atom. The topological polar surface area (TPSA) is 70.8 Å². The lowest BCUT2D eigenvalue weighted by molar-refractivity contribution is 0.0378. The Hall–Kier alpha value is -1.95. The summed E-state index contributed by atoms with van der Waals surface area (Å²) in [6.07, 6.45) is 4.44. The first-order chi connectivity index (χ1) is 10.5. The molecule has 2 N–H and O–H groups in total. The number of esters is 1. The molecule has 1 unspecified atom stereocenters. The number of anilines is 1. The van der Waals surface area contributed by atoms with E-state index in [1.165, 1.54) is 11.3 Å². The lowest BCUT2D eigenvalue weighted by Gasteiger charge is -2.20. The molecule has 0 saturated carbocycles. The standard InChI is InChI=1S/C16H21NO4S/c1-9(2)21-16(18)14-11(8-22-15(14)17)10-5-6-12(19-3)13(7-10)20-4/h6-10H,5,17H2,1-4H3. The van der Waals surface area contributed by atoms with Crippen molar-refractivity contribution in [1.82, 2.24) is 0 Å². The molecule has 0 fully saturated rings. The summed E-state index contributed by atoms with van der Waals surface area (Å²) in [5.74, 6) is 0.995. The van der Waals surface area contributed by atoms with Gasteiger partial charge in [-0.3, -0.25) is 0 Å². The van der Waals surface area contributed by atoms with Gasteiger partial charge in [0.05, 0.1) is 25.9 Å². The molecule has 120 valence electrons. The fourth-order valence-electron chi connectivity index (χ4n) is 2.39. The first-order valence-electron chi connectivity index (χ1n) is 7.06. The number of carbonyl (C=O) groups is 1. The van der Waals surface area contributed by atoms with E-state index in [1.807, 2.05) is 31.4 Å². The van der Waals surface area contributed by atoms with Gasteiger partial charge in [-0.2, -0.15) is 0 Å². The maximum absolute atomic E-state index is 12.3. The molecule has 22 heavy (non-hydrogen) atoms. The minimum Gasteiger partial charge on any atom is -0.493 e. The molecule has 5 nitrogen and oxygen atoms in total. The van der Waals surface area contributed by atoms with E-state index >= 15 is 0 Å². The van der Waals surface area contributed by atoms with E-state index in [0.29, 0.717) is 28.5 Å². The van der Waals surface area contributed by atoms with Crippen molar-refractivity contribution in [2.24, 2.45) is 0 Å². The van der Waals surface area contributed by atoms with E-state index in [9.17, 15) is 4.79 Å². The smallest absolute Gasteiger partial charge is 0.341 e. The molecule has 0 aliphatic heterocycles. The zero-order valence-electron chi connectivity index (χ0n) is 13.2. The maximum atomic E-state index is 12.3. The predicted molar refractivity (Wildman–Crippen MR) is 86.8 cm³/mol. The number of nitrogens with two attached hydrogens (primary N) is 1. The number of allylic oxidation sites excluding steroid dienone is 2. The molecular weight excluding hydrogens is 302 g/mol. The molecule has 0 spiro atoms. The molecule has 1 atom stereocenters. The summed E-state index contributed by atoms with van der Waals surface area (Å²) in [6, 6.07) is 0. The van der Waals surface area contributed by atoms with Gasteiger partial charge in [0, 0.05) is 5.92 Å². The zero-order valence-corrected chi connectivity index (χ0v) is 14.0. The zero-order chi connectivity index (χ0) is 16.3. The van der Waals surface area contributed by atoms with Gasteiger partial charge in [0.2, 0.25) is 0 Å². The van der Waals surface area contributed by atoms with Gasteiger partial charge >= 0.3 is 5.97 Å². The van der Waals surface area contributed by atoms with Crippen LogP contribution in [0.5, 0.6) is 0 Å². The molecule has 2 rings (SSSR count). The first kappa shape index (κ1) is 16.4. The summed E-state index contributed by atoms with van der Waals surface area (Å²) >= 11 is 1.35. The molecule has 1 aliphatic carbocycles. The van der Waals surface area contributed by atoms with Crippen LogP contribution in [0, 0.1) is 0 Å². The van der Waals surface area contributed by atoms with Crippen LogP contribution in [-0.4, -0.2) is 26.3 Å². The van der Waals surface area contributed by atoms with Crippen molar-refractivity contribution >= 4 is 22.3 Å². The highest BCUT2D eigenvalue weighted by atomic mass is 32.1. The summed E-state index contributed by atoms with van der Waals surface area (Å²) < 4.78 is 15.9. The molecular formula is C16H21NO4S. The third-order valence-electron chi connectivity index (χ3n) is 3.39. The molecule has 1 heterocycles. The van der Waals surface area contributed by atoms with Gasteiger partial charge in [-0.05, 0) is 43.4 Å². The number of hydrogen-bond acceptors (Lipinski definition) is 6. The fraction of sp³-hybridized carbons (Fsp3) is 0.438. The summed E-state index contributed by atoms with van der Waals surface area (Å²) in [5, 5.41) is 2.39. The van der Waals surface area contributed by atoms with Gasteiger partial charge in [0.1, 0.15) is 5.00 Å². The highest BCUT2D eigenvalue weighted by Gasteiger charge is 2.27. The number of ether oxygens (including phenoxy) is 3. The van der Waals surface area contributed by atoms with Crippen LogP contribution in [0.3, 0.4) is 0 Å². The van der Waals surface area contributed by atoms with Crippen molar-refractivity contribution in [1.29, 1.82) is 0 Å². The van der Waals surface area contributed by atoms with Crippen LogP contribution in [0.1, 0.15) is 42.1 Å². The van der Waals surface area contributed by atoms with Crippen LogP contribution in [0.4, 0.5) is 5.00 Å². The average molecular weight is 323 g/mol. The van der Waals surface area contributed by atoms with E-state index in [0.717, 1.165) is 5.56 Å². The summed E-state index contributed by atoms with van der Waals surface area (Å²) in [4.78, 5) is 12.3. The number of nitrogen functional groups attached to an aromatic ring is 1. The molecule has 6 heteroatoms. The Balaban J connectivity index is 2.33. The second kappa shape index (κ2) is 6.87. The van der Waals surface area contributed by atoms with Crippen LogP contribution in [0.2, 0.25) is 0 Å². The molecule has 0 bridgehead atoms. The van der Waals surface area contributed by atoms with E-state index in [2.05, 4.69) is 0 Å². The molecule has 1 aromatic heterocycles. The summed E-state index contributed by atoms with van der Waals surface area (Å²) in [5.41, 5.74) is 7.30. The van der Waals surface area contributed by atoms with Crippen LogP contribution in [0.25, 0.3) is 0 Å². The van der Waals surface area contributed by atoms with Crippen molar-refractivity contribution in [3.8, 4) is 0 Å². The third-order valence-corrected chi connectivity index (χ3v) is 4.22. The molecule has 0 aromatic carbocycles. The Morgan fingerprint density at radius 2 is 2.00 bits per heavy atom. The van der Waals surface area contributed by atoms with Crippen molar-refractivity contribution in [3.05, 3.63) is 40.2 Å². The minimum atomic E-state index is -0.377. The molecule has 1 aliphatic rings. The fourth-order valence-corrected chi connectivity index (χ4v) is 3.25. The number of hydrogen-bond donors (Lipinski definition) is 1. The number of rotatable bonds is 5. The quantitative estimate of drug-likeness (QED) is 0.840. The van der Waals surface area contributed by atoms with Crippen molar-refractivity contribution in [2.45, 2.75) is 32.3 Å². The molecule has 0 amide bonds. The van der Waals surface area contributed by atoms with Crippen LogP contribution in [-0.2, 0) is 14.2 Å². The Kier molecular flexibility index (Phi) is 5.13. The average Bonchev–Trinajstić information content (AvgIpc) is 2.87. The maximum Gasteiger partial charge on any atom is 0.341 e. The molecule has 0 saturated heterocycles. The van der Waals surface area contributed by atoms with Crippen LogP contribution < -0.4 is 5.73 Å². The van der Waals surface area contributed by atoms with E-state index in [4.69, 9.17) is 19.9 Å². The van der Waals surface area contributed by atoms with Gasteiger partial charge in [0.25, 0.3) is 0 Å². The van der Waals surface area contributed by atoms with Gasteiger partial charge in [0.15, 0.2) is 11.5 Å². The molecule has 0 radical (unpaired) electrons. The van der Waals surface area contributed by atoms with Gasteiger partial charge in [-0.1, -0.05) is 0 Å². The molecule has 1 aromatic rings. The Morgan fingerprint density at radius 3 is 2.59 bits per heavy atom. The van der Waals surface area contributed by atoms with E-state index in [1.54, 1.807) is 14.2 Å². The second-order valence-corrected chi connectivity index (χ2v) is 6.15. The van der Waals surface area contributed by atoms with Gasteiger partial charge in [-0.25, -0.2) is 4.79 Å². The monoisotopic (exact) mass is 323 g/mol. The number of thiophene rings is 1.